The molecule has 3 nitrogen and oxygen atoms in total. The normalized spacial score (nSPS) is 10.4. The van der Waals surface area contributed by atoms with Gasteiger partial charge in [-0.3, -0.25) is 4.79 Å². The van der Waals surface area contributed by atoms with E-state index in [2.05, 4.69) is 18.4 Å². The fourth-order valence-electron chi connectivity index (χ4n) is 2.02. The van der Waals surface area contributed by atoms with E-state index in [1.807, 2.05) is 26.0 Å². The van der Waals surface area contributed by atoms with Crippen LogP contribution in [-0.2, 0) is 0 Å². The van der Waals surface area contributed by atoms with E-state index in [9.17, 15) is 4.79 Å². The molecule has 0 atom stereocenters. The quantitative estimate of drug-likeness (QED) is 0.711. The Kier molecular flexibility index (Phi) is 3.31. The van der Waals surface area contributed by atoms with E-state index >= 15 is 0 Å². The standard InChI is InChI=1S/C12H16N2O/c1-8(2)14-9(3)7-11(10(14)4)12(15)5-6-13/h7-8H,5H2,1-4H3. The van der Waals surface area contributed by atoms with Crippen molar-refractivity contribution in [2.45, 2.75) is 40.2 Å². The van der Waals surface area contributed by atoms with Gasteiger partial charge >= 0.3 is 0 Å². The molecule has 1 rings (SSSR count). The van der Waals surface area contributed by atoms with Crippen LogP contribution in [0.15, 0.2) is 6.07 Å². The van der Waals surface area contributed by atoms with E-state index in [1.165, 1.54) is 0 Å². The summed E-state index contributed by atoms with van der Waals surface area (Å²) in [6.45, 7) is 8.07. The number of hydrogen-bond donors (Lipinski definition) is 0. The van der Waals surface area contributed by atoms with Gasteiger partial charge < -0.3 is 4.57 Å². The van der Waals surface area contributed by atoms with Crippen molar-refractivity contribution >= 4 is 5.78 Å². The first-order chi connectivity index (χ1) is 6.99. The number of carbonyl (C=O) groups excluding carboxylic acids is 1. The molecule has 0 bridgehead atoms. The number of Topliss-reactive ketones (excluding diaryl/α,β-unsaturated/α-hetero) is 1. The van der Waals surface area contributed by atoms with E-state index in [4.69, 9.17) is 5.26 Å². The maximum Gasteiger partial charge on any atom is 0.178 e. The van der Waals surface area contributed by atoms with Gasteiger partial charge in [-0.1, -0.05) is 0 Å². The molecule has 0 aliphatic heterocycles. The van der Waals surface area contributed by atoms with Crippen LogP contribution in [0.5, 0.6) is 0 Å². The van der Waals surface area contributed by atoms with Crippen molar-refractivity contribution < 1.29 is 4.79 Å². The van der Waals surface area contributed by atoms with Crippen molar-refractivity contribution in [2.24, 2.45) is 0 Å². The zero-order valence-electron chi connectivity index (χ0n) is 9.66. The van der Waals surface area contributed by atoms with Crippen molar-refractivity contribution in [2.75, 3.05) is 0 Å². The molecule has 15 heavy (non-hydrogen) atoms. The van der Waals surface area contributed by atoms with Crippen molar-refractivity contribution in [1.82, 2.24) is 4.57 Å². The molecule has 1 heterocycles. The minimum absolute atomic E-state index is 0.0393. The summed E-state index contributed by atoms with van der Waals surface area (Å²) in [4.78, 5) is 11.6. The molecule has 0 aliphatic carbocycles. The first-order valence-corrected chi connectivity index (χ1v) is 5.07. The van der Waals surface area contributed by atoms with Gasteiger partial charge in [-0.05, 0) is 33.8 Å². The number of aromatic nitrogens is 1. The molecular weight excluding hydrogens is 188 g/mol. The lowest BCUT2D eigenvalue weighted by Gasteiger charge is -2.13. The van der Waals surface area contributed by atoms with Gasteiger partial charge in [0.05, 0.1) is 12.5 Å². The van der Waals surface area contributed by atoms with Crippen LogP contribution >= 0.6 is 0 Å². The third-order valence-electron chi connectivity index (χ3n) is 2.54. The summed E-state index contributed by atoms with van der Waals surface area (Å²) < 4.78 is 2.12. The van der Waals surface area contributed by atoms with Gasteiger partial charge in [0.25, 0.3) is 0 Å². The average Bonchev–Trinajstić information content (AvgIpc) is 2.42. The van der Waals surface area contributed by atoms with Crippen LogP contribution in [0.4, 0.5) is 0 Å². The Hall–Kier alpha value is -1.56. The minimum atomic E-state index is -0.0856. The van der Waals surface area contributed by atoms with Crippen LogP contribution in [0.2, 0.25) is 0 Å². The van der Waals surface area contributed by atoms with Gasteiger partial charge in [-0.2, -0.15) is 5.26 Å². The lowest BCUT2D eigenvalue weighted by Crippen LogP contribution is -2.06. The maximum atomic E-state index is 11.6. The molecule has 0 spiro atoms. The molecule has 0 aliphatic rings. The van der Waals surface area contributed by atoms with Crippen molar-refractivity contribution in [1.29, 1.82) is 5.26 Å². The smallest absolute Gasteiger partial charge is 0.178 e. The number of nitrogens with zero attached hydrogens (tertiary/aromatic N) is 2. The predicted octanol–water partition coefficient (Wildman–Crippen LogP) is 2.78. The minimum Gasteiger partial charge on any atom is -0.346 e. The molecule has 0 fully saturated rings. The fraction of sp³-hybridized carbons (Fsp3) is 0.500. The highest BCUT2D eigenvalue weighted by Crippen LogP contribution is 2.20. The largest absolute Gasteiger partial charge is 0.346 e. The fourth-order valence-corrected chi connectivity index (χ4v) is 2.02. The Morgan fingerprint density at radius 1 is 1.53 bits per heavy atom. The van der Waals surface area contributed by atoms with Crippen LogP contribution in [0.25, 0.3) is 0 Å². The Balaban J connectivity index is 3.19. The summed E-state index contributed by atoms with van der Waals surface area (Å²) in [7, 11) is 0. The van der Waals surface area contributed by atoms with Crippen molar-refractivity contribution in [3.63, 3.8) is 0 Å². The van der Waals surface area contributed by atoms with E-state index in [1.54, 1.807) is 0 Å². The summed E-state index contributed by atoms with van der Waals surface area (Å²) in [6, 6.07) is 4.10. The summed E-state index contributed by atoms with van der Waals surface area (Å²) in [5.74, 6) is -0.0856. The molecule has 1 aromatic rings. The topological polar surface area (TPSA) is 45.8 Å². The number of carbonyl (C=O) groups is 1. The van der Waals surface area contributed by atoms with Crippen LogP contribution < -0.4 is 0 Å². The highest BCUT2D eigenvalue weighted by molar-refractivity contribution is 5.98. The Labute approximate surface area is 90.3 Å². The van der Waals surface area contributed by atoms with Crippen molar-refractivity contribution in [3.8, 4) is 6.07 Å². The van der Waals surface area contributed by atoms with Gasteiger partial charge in [0.15, 0.2) is 5.78 Å². The number of ketones is 1. The SMILES string of the molecule is Cc1cc(C(=O)CC#N)c(C)n1C(C)C. The summed E-state index contributed by atoms with van der Waals surface area (Å²) in [5.41, 5.74) is 2.72. The number of nitriles is 1. The first-order valence-electron chi connectivity index (χ1n) is 5.07. The molecule has 0 N–H and O–H groups in total. The van der Waals surface area contributed by atoms with E-state index in [-0.39, 0.29) is 12.2 Å². The molecule has 0 saturated carbocycles. The molecule has 3 heteroatoms. The number of rotatable bonds is 3. The summed E-state index contributed by atoms with van der Waals surface area (Å²) >= 11 is 0. The second kappa shape index (κ2) is 4.31. The van der Waals surface area contributed by atoms with Crippen LogP contribution in [0.3, 0.4) is 0 Å². The Bertz CT molecular complexity index is 422. The monoisotopic (exact) mass is 204 g/mol. The molecule has 0 aromatic carbocycles. The van der Waals surface area contributed by atoms with Gasteiger partial charge in [-0.15, -0.1) is 0 Å². The van der Waals surface area contributed by atoms with Gasteiger partial charge in [0.2, 0.25) is 0 Å². The zero-order valence-corrected chi connectivity index (χ0v) is 9.66. The molecule has 0 saturated heterocycles. The maximum absolute atomic E-state index is 11.6. The average molecular weight is 204 g/mol. The predicted molar refractivity (Wildman–Crippen MR) is 58.9 cm³/mol. The molecule has 0 unspecified atom stereocenters. The third kappa shape index (κ3) is 2.10. The van der Waals surface area contributed by atoms with E-state index in [0.29, 0.717) is 11.6 Å². The zero-order chi connectivity index (χ0) is 11.6. The lowest BCUT2D eigenvalue weighted by molar-refractivity contribution is 0.0997. The van der Waals surface area contributed by atoms with Crippen LogP contribution in [0, 0.1) is 25.2 Å². The van der Waals surface area contributed by atoms with Crippen LogP contribution in [0.1, 0.15) is 48.1 Å². The van der Waals surface area contributed by atoms with E-state index in [0.717, 1.165) is 11.4 Å². The van der Waals surface area contributed by atoms with Crippen molar-refractivity contribution in [3.05, 3.63) is 23.0 Å². The van der Waals surface area contributed by atoms with Gasteiger partial charge in [0, 0.05) is 23.0 Å². The highest BCUT2D eigenvalue weighted by atomic mass is 16.1. The molecule has 80 valence electrons. The first kappa shape index (κ1) is 11.5. The Morgan fingerprint density at radius 2 is 2.13 bits per heavy atom. The van der Waals surface area contributed by atoms with E-state index < -0.39 is 0 Å². The van der Waals surface area contributed by atoms with Crippen LogP contribution in [-0.4, -0.2) is 10.4 Å². The number of aryl methyl sites for hydroxylation is 1. The molecule has 1 aromatic heterocycles. The molecular formula is C12H16N2O. The van der Waals surface area contributed by atoms with Gasteiger partial charge in [-0.25, -0.2) is 0 Å². The summed E-state index contributed by atoms with van der Waals surface area (Å²) in [6.07, 6.45) is -0.0393. The summed E-state index contributed by atoms with van der Waals surface area (Å²) in [5, 5.41) is 8.50. The second-order valence-electron chi connectivity index (χ2n) is 4.01. The molecule has 0 radical (unpaired) electrons. The Morgan fingerprint density at radius 3 is 2.53 bits per heavy atom. The molecule has 0 amide bonds. The highest BCUT2D eigenvalue weighted by Gasteiger charge is 2.16. The number of hydrogen-bond acceptors (Lipinski definition) is 2. The second-order valence-corrected chi connectivity index (χ2v) is 4.01. The third-order valence-corrected chi connectivity index (χ3v) is 2.54. The van der Waals surface area contributed by atoms with Gasteiger partial charge in [0.1, 0.15) is 0 Å². The lowest BCUT2D eigenvalue weighted by atomic mass is 10.1.